The van der Waals surface area contributed by atoms with E-state index in [2.05, 4.69) is 4.42 Å². The summed E-state index contributed by atoms with van der Waals surface area (Å²) in [5, 5.41) is 0. The lowest BCUT2D eigenvalue weighted by molar-refractivity contribution is 0.511. The van der Waals surface area contributed by atoms with Crippen LogP contribution < -0.4 is 5.63 Å². The zero-order chi connectivity index (χ0) is 6.85. The van der Waals surface area contributed by atoms with Crippen molar-refractivity contribution in [3.05, 3.63) is 34.8 Å². The van der Waals surface area contributed by atoms with Gasteiger partial charge in [-0.1, -0.05) is 6.07 Å². The minimum Gasteiger partial charge on any atom is -0.431 e. The first-order valence-electron chi connectivity index (χ1n) is 2.76. The van der Waals surface area contributed by atoms with E-state index in [4.69, 9.17) is 2.74 Å². The number of rotatable bonds is 0. The molecule has 1 rings (SSSR count). The second kappa shape index (κ2) is 1.60. The molecule has 0 aliphatic heterocycles. The van der Waals surface area contributed by atoms with Crippen molar-refractivity contribution in [3.63, 3.8) is 0 Å². The molecule has 0 aromatic carbocycles. The summed E-state index contributed by atoms with van der Waals surface area (Å²) < 4.78 is 18.0. The average molecular weight is 98.1 g/mol. The molecule has 0 radical (unpaired) electrons. The van der Waals surface area contributed by atoms with Gasteiger partial charge in [0.2, 0.25) is 0 Å². The second-order valence-electron chi connectivity index (χ2n) is 0.979. The molecule has 0 aliphatic carbocycles. The molecule has 0 bridgehead atoms. The summed E-state index contributed by atoms with van der Waals surface area (Å²) in [5.74, 6) is 0. The van der Waals surface area contributed by atoms with Gasteiger partial charge in [0.25, 0.3) is 0 Å². The van der Waals surface area contributed by atoms with Crippen molar-refractivity contribution in [2.45, 2.75) is 0 Å². The van der Waals surface area contributed by atoms with Gasteiger partial charge in [0.1, 0.15) is 0 Å². The minimum atomic E-state index is -0.703. The van der Waals surface area contributed by atoms with Crippen LogP contribution in [0.1, 0.15) is 2.74 Å². The van der Waals surface area contributed by atoms with Crippen LogP contribution in [0.2, 0.25) is 0 Å². The highest BCUT2D eigenvalue weighted by Gasteiger charge is 1.72. The minimum absolute atomic E-state index is 0.0413. The zero-order valence-corrected chi connectivity index (χ0v) is 3.47. The van der Waals surface area contributed by atoms with E-state index in [-0.39, 0.29) is 12.1 Å². The standard InChI is InChI=1S/C5H4O2/c6-5-3-1-2-4-7-5/h1-4H/i2D,3D. The van der Waals surface area contributed by atoms with Gasteiger partial charge in [-0.25, -0.2) is 4.79 Å². The molecular formula is C5H4O2. The van der Waals surface area contributed by atoms with Crippen molar-refractivity contribution in [1.82, 2.24) is 0 Å². The van der Waals surface area contributed by atoms with Crippen LogP contribution in [0.5, 0.6) is 0 Å². The van der Waals surface area contributed by atoms with Gasteiger partial charge in [0, 0.05) is 6.04 Å². The Kier molecular flexibility index (Phi) is 0.527. The van der Waals surface area contributed by atoms with Crippen LogP contribution in [0, 0.1) is 0 Å². The first-order chi connectivity index (χ1) is 4.20. The van der Waals surface area contributed by atoms with Crippen LogP contribution in [0.3, 0.4) is 0 Å². The Morgan fingerprint density at radius 1 is 1.86 bits per heavy atom. The molecule has 0 unspecified atom stereocenters. The summed E-state index contributed by atoms with van der Waals surface area (Å²) in [5.41, 5.74) is -0.703. The maximum Gasteiger partial charge on any atom is 0.335 e. The third-order valence-corrected chi connectivity index (χ3v) is 0.507. The van der Waals surface area contributed by atoms with Crippen molar-refractivity contribution in [2.24, 2.45) is 0 Å². The quantitative estimate of drug-likeness (QED) is 0.476. The van der Waals surface area contributed by atoms with Crippen molar-refractivity contribution < 1.29 is 7.16 Å². The van der Waals surface area contributed by atoms with Gasteiger partial charge >= 0.3 is 5.63 Å². The van der Waals surface area contributed by atoms with Gasteiger partial charge in [-0.3, -0.25) is 0 Å². The van der Waals surface area contributed by atoms with Gasteiger partial charge in [0.05, 0.1) is 9.00 Å². The molecule has 2 heteroatoms. The molecule has 7 heavy (non-hydrogen) atoms. The largest absolute Gasteiger partial charge is 0.431 e. The predicted octanol–water partition coefficient (Wildman–Crippen LogP) is 0.640. The van der Waals surface area contributed by atoms with Crippen LogP contribution in [-0.4, -0.2) is 0 Å². The maximum absolute atomic E-state index is 10.3. The van der Waals surface area contributed by atoms with E-state index >= 15 is 0 Å². The molecule has 0 atom stereocenters. The van der Waals surface area contributed by atoms with Gasteiger partial charge in [-0.2, -0.15) is 0 Å². The van der Waals surface area contributed by atoms with Crippen LogP contribution in [0.4, 0.5) is 0 Å². The van der Waals surface area contributed by atoms with Gasteiger partial charge in [0.15, 0.2) is 0 Å². The number of hydrogen-bond donors (Lipinski definition) is 0. The molecule has 1 aromatic rings. The molecule has 0 saturated heterocycles. The molecule has 0 spiro atoms. The second-order valence-corrected chi connectivity index (χ2v) is 0.979. The molecule has 0 aliphatic rings. The smallest absolute Gasteiger partial charge is 0.335 e. The maximum atomic E-state index is 10.3. The zero-order valence-electron chi connectivity index (χ0n) is 5.47. The first-order valence-corrected chi connectivity index (χ1v) is 1.76. The molecule has 0 N–H and O–H groups in total. The van der Waals surface area contributed by atoms with E-state index in [1.54, 1.807) is 0 Å². The Balaban J connectivity index is 3.34. The van der Waals surface area contributed by atoms with Crippen molar-refractivity contribution in [1.29, 1.82) is 0 Å². The lowest BCUT2D eigenvalue weighted by Crippen LogP contribution is -1.90. The average Bonchev–Trinajstić information content (AvgIpc) is 1.80. The van der Waals surface area contributed by atoms with E-state index in [9.17, 15) is 4.79 Å². The van der Waals surface area contributed by atoms with E-state index in [1.165, 1.54) is 0 Å². The van der Waals surface area contributed by atoms with Crippen LogP contribution in [0.25, 0.3) is 0 Å². The highest BCUT2D eigenvalue weighted by molar-refractivity contribution is 4.85. The molecular weight excluding hydrogens is 92.1 g/mol. The summed E-state index contributed by atoms with van der Waals surface area (Å²) in [4.78, 5) is 10.3. The lowest BCUT2D eigenvalue weighted by Gasteiger charge is -1.72. The SMILES string of the molecule is [2H]c1coc(=O)c([2H])c1. The van der Waals surface area contributed by atoms with E-state index in [1.807, 2.05) is 0 Å². The van der Waals surface area contributed by atoms with Gasteiger partial charge in [-0.15, -0.1) is 0 Å². The molecule has 0 saturated carbocycles. The Morgan fingerprint density at radius 3 is 3.29 bits per heavy atom. The Hall–Kier alpha value is -1.05. The van der Waals surface area contributed by atoms with E-state index < -0.39 is 5.63 Å². The summed E-state index contributed by atoms with van der Waals surface area (Å²) >= 11 is 0. The fourth-order valence-electron chi connectivity index (χ4n) is 0.256. The lowest BCUT2D eigenvalue weighted by atomic mass is 10.5. The summed E-state index contributed by atoms with van der Waals surface area (Å²) in [7, 11) is 0. The summed E-state index contributed by atoms with van der Waals surface area (Å²) in [6.07, 6.45) is 1.00. The van der Waals surface area contributed by atoms with Crippen molar-refractivity contribution in [3.8, 4) is 0 Å². The Morgan fingerprint density at radius 2 is 2.71 bits per heavy atom. The fraction of sp³-hybridized carbons (Fsp3) is 0. The Labute approximate surface area is 43.2 Å². The van der Waals surface area contributed by atoms with Gasteiger partial charge in [-0.05, 0) is 6.04 Å². The van der Waals surface area contributed by atoms with Crippen molar-refractivity contribution >= 4 is 0 Å². The van der Waals surface area contributed by atoms with Gasteiger partial charge < -0.3 is 4.42 Å². The third kappa shape index (κ3) is 0.892. The fourth-order valence-corrected chi connectivity index (χ4v) is 0.256. The molecule has 1 heterocycles. The van der Waals surface area contributed by atoms with E-state index in [0.717, 1.165) is 12.3 Å². The normalized spacial score (nSPS) is 12.6. The van der Waals surface area contributed by atoms with Crippen LogP contribution in [0.15, 0.2) is 33.6 Å². The highest BCUT2D eigenvalue weighted by Crippen LogP contribution is 1.72. The molecule has 0 fully saturated rings. The monoisotopic (exact) mass is 98.0 g/mol. The third-order valence-electron chi connectivity index (χ3n) is 0.507. The van der Waals surface area contributed by atoms with E-state index in [0.29, 0.717) is 0 Å². The molecule has 1 aromatic heterocycles. The molecule has 0 amide bonds. The summed E-state index contributed by atoms with van der Waals surface area (Å²) in [6, 6.07) is 0.897. The Bertz CT molecular complexity index is 266. The highest BCUT2D eigenvalue weighted by atomic mass is 16.4. The topological polar surface area (TPSA) is 30.2 Å². The number of hydrogen-bond acceptors (Lipinski definition) is 2. The first kappa shape index (κ1) is 2.31. The molecule has 36 valence electrons. The predicted molar refractivity (Wildman–Crippen MR) is 25.0 cm³/mol. The van der Waals surface area contributed by atoms with Crippen LogP contribution in [-0.2, 0) is 0 Å². The summed E-state index contributed by atoms with van der Waals surface area (Å²) in [6.45, 7) is 0. The molecule has 2 nitrogen and oxygen atoms in total. The van der Waals surface area contributed by atoms with Crippen LogP contribution >= 0.6 is 0 Å². The van der Waals surface area contributed by atoms with Crippen molar-refractivity contribution in [2.75, 3.05) is 0 Å².